The lowest BCUT2D eigenvalue weighted by atomic mass is 10.0. The van der Waals surface area contributed by atoms with E-state index < -0.39 is 17.3 Å². The number of fused-ring (bicyclic) bond motifs is 1. The molecule has 20 heavy (non-hydrogen) atoms. The number of aliphatic hydroxyl groups is 1. The number of hydrogen-bond donors (Lipinski definition) is 3. The molecule has 1 heterocycles. The van der Waals surface area contributed by atoms with E-state index in [2.05, 4.69) is 5.32 Å². The molecule has 0 aliphatic carbocycles. The van der Waals surface area contributed by atoms with Crippen molar-refractivity contribution in [1.29, 1.82) is 0 Å². The number of thiophene rings is 1. The summed E-state index contributed by atoms with van der Waals surface area (Å²) in [4.78, 5) is 11.4. The van der Waals surface area contributed by atoms with Crippen LogP contribution in [-0.4, -0.2) is 28.3 Å². The van der Waals surface area contributed by atoms with E-state index in [-0.39, 0.29) is 18.0 Å². The Balaban J connectivity index is 2.49. The standard InChI is InChI=1S/C14H16FNO3S/c1-14(2,7-17)16-6-8-11-9(15)4-3-5-10(11)20-12(8)13(18)19/h3-5,16-17H,6-7H2,1-2H3,(H,18,19). The van der Waals surface area contributed by atoms with Gasteiger partial charge in [0.05, 0.1) is 6.61 Å². The van der Waals surface area contributed by atoms with Gasteiger partial charge in [0.1, 0.15) is 10.7 Å². The number of hydrogen-bond acceptors (Lipinski definition) is 4. The Morgan fingerprint density at radius 2 is 2.15 bits per heavy atom. The number of benzene rings is 1. The first-order valence-corrected chi connectivity index (χ1v) is 6.96. The van der Waals surface area contributed by atoms with Gasteiger partial charge >= 0.3 is 5.97 Å². The predicted molar refractivity (Wildman–Crippen MR) is 76.7 cm³/mol. The Morgan fingerprint density at radius 1 is 1.45 bits per heavy atom. The van der Waals surface area contributed by atoms with E-state index >= 15 is 0 Å². The Labute approximate surface area is 119 Å². The summed E-state index contributed by atoms with van der Waals surface area (Å²) in [5.74, 6) is -1.49. The highest BCUT2D eigenvalue weighted by Crippen LogP contribution is 2.33. The molecule has 1 aromatic heterocycles. The highest BCUT2D eigenvalue weighted by atomic mass is 32.1. The fourth-order valence-corrected chi connectivity index (χ4v) is 2.97. The third kappa shape index (κ3) is 2.82. The fraction of sp³-hybridized carbons (Fsp3) is 0.357. The van der Waals surface area contributed by atoms with E-state index in [1.807, 2.05) is 0 Å². The highest BCUT2D eigenvalue weighted by molar-refractivity contribution is 7.21. The molecule has 0 spiro atoms. The molecule has 3 N–H and O–H groups in total. The maximum Gasteiger partial charge on any atom is 0.346 e. The summed E-state index contributed by atoms with van der Waals surface area (Å²) >= 11 is 1.06. The van der Waals surface area contributed by atoms with Crippen molar-refractivity contribution in [1.82, 2.24) is 5.32 Å². The average molecular weight is 297 g/mol. The summed E-state index contributed by atoms with van der Waals surface area (Å²) < 4.78 is 14.6. The molecule has 0 atom stereocenters. The van der Waals surface area contributed by atoms with Crippen molar-refractivity contribution in [2.24, 2.45) is 0 Å². The first kappa shape index (κ1) is 14.9. The van der Waals surface area contributed by atoms with Gasteiger partial charge in [-0.2, -0.15) is 0 Å². The third-order valence-electron chi connectivity index (χ3n) is 3.10. The van der Waals surface area contributed by atoms with Crippen LogP contribution in [0.4, 0.5) is 4.39 Å². The van der Waals surface area contributed by atoms with Gasteiger partial charge < -0.3 is 15.5 Å². The van der Waals surface area contributed by atoms with Crippen LogP contribution in [0.2, 0.25) is 0 Å². The van der Waals surface area contributed by atoms with Crippen LogP contribution in [0.3, 0.4) is 0 Å². The van der Waals surface area contributed by atoms with Crippen LogP contribution in [-0.2, 0) is 6.54 Å². The lowest BCUT2D eigenvalue weighted by Crippen LogP contribution is -2.42. The number of carboxylic acid groups (broad SMARTS) is 1. The van der Waals surface area contributed by atoms with Crippen LogP contribution >= 0.6 is 11.3 Å². The molecular formula is C14H16FNO3S. The second-order valence-electron chi connectivity index (χ2n) is 5.22. The van der Waals surface area contributed by atoms with E-state index in [9.17, 15) is 19.4 Å². The molecular weight excluding hydrogens is 281 g/mol. The maximum atomic E-state index is 14.0. The number of halogens is 1. The molecule has 0 aliphatic rings. The summed E-state index contributed by atoms with van der Waals surface area (Å²) in [7, 11) is 0. The molecule has 0 unspecified atom stereocenters. The van der Waals surface area contributed by atoms with Gasteiger partial charge in [0, 0.05) is 27.7 Å². The van der Waals surface area contributed by atoms with Crippen LogP contribution in [0.15, 0.2) is 18.2 Å². The van der Waals surface area contributed by atoms with Crippen molar-refractivity contribution < 1.29 is 19.4 Å². The molecule has 6 heteroatoms. The number of rotatable bonds is 5. The van der Waals surface area contributed by atoms with Gasteiger partial charge in [-0.05, 0) is 26.0 Å². The lowest BCUT2D eigenvalue weighted by molar-refractivity contribution is 0.0700. The normalized spacial score (nSPS) is 12.0. The lowest BCUT2D eigenvalue weighted by Gasteiger charge is -2.23. The van der Waals surface area contributed by atoms with Crippen molar-refractivity contribution in [3.05, 3.63) is 34.5 Å². The monoisotopic (exact) mass is 297 g/mol. The number of carboxylic acids is 1. The Kier molecular flexibility index (Phi) is 4.08. The van der Waals surface area contributed by atoms with Crippen LogP contribution in [0, 0.1) is 5.82 Å². The minimum absolute atomic E-state index is 0.0973. The van der Waals surface area contributed by atoms with E-state index in [0.29, 0.717) is 15.6 Å². The van der Waals surface area contributed by atoms with Gasteiger partial charge in [0.25, 0.3) is 0 Å². The zero-order chi connectivity index (χ0) is 14.9. The van der Waals surface area contributed by atoms with Crippen molar-refractivity contribution in [3.63, 3.8) is 0 Å². The van der Waals surface area contributed by atoms with Gasteiger partial charge in [-0.25, -0.2) is 9.18 Å². The number of nitrogens with one attached hydrogen (secondary N) is 1. The molecule has 2 aromatic rings. The van der Waals surface area contributed by atoms with E-state index in [1.54, 1.807) is 26.0 Å². The Morgan fingerprint density at radius 3 is 2.75 bits per heavy atom. The van der Waals surface area contributed by atoms with Crippen molar-refractivity contribution in [2.45, 2.75) is 25.9 Å². The Bertz CT molecular complexity index is 651. The molecule has 108 valence electrons. The van der Waals surface area contributed by atoms with Crippen molar-refractivity contribution >= 4 is 27.4 Å². The molecule has 4 nitrogen and oxygen atoms in total. The minimum atomic E-state index is -1.07. The van der Waals surface area contributed by atoms with Crippen LogP contribution in [0.5, 0.6) is 0 Å². The highest BCUT2D eigenvalue weighted by Gasteiger charge is 2.22. The minimum Gasteiger partial charge on any atom is -0.477 e. The first-order chi connectivity index (χ1) is 9.35. The quantitative estimate of drug-likeness (QED) is 0.793. The largest absolute Gasteiger partial charge is 0.477 e. The summed E-state index contributed by atoms with van der Waals surface area (Å²) in [6.07, 6.45) is 0. The molecule has 0 aliphatic heterocycles. The van der Waals surface area contributed by atoms with E-state index in [0.717, 1.165) is 11.3 Å². The molecule has 0 saturated carbocycles. The SMILES string of the molecule is CC(C)(CO)NCc1c(C(=O)O)sc2cccc(F)c12. The number of aromatic carboxylic acids is 1. The van der Waals surface area contributed by atoms with Gasteiger partial charge in [0.2, 0.25) is 0 Å². The summed E-state index contributed by atoms with van der Waals surface area (Å²) in [5.41, 5.74) is -0.132. The molecule has 2 rings (SSSR count). The van der Waals surface area contributed by atoms with Gasteiger partial charge in [-0.3, -0.25) is 0 Å². The molecule has 0 amide bonds. The smallest absolute Gasteiger partial charge is 0.346 e. The van der Waals surface area contributed by atoms with Crippen molar-refractivity contribution in [2.75, 3.05) is 6.61 Å². The maximum absolute atomic E-state index is 14.0. The zero-order valence-corrected chi connectivity index (χ0v) is 12.1. The summed E-state index contributed by atoms with van der Waals surface area (Å²) in [6.45, 7) is 3.67. The topological polar surface area (TPSA) is 69.6 Å². The van der Waals surface area contributed by atoms with E-state index in [1.165, 1.54) is 6.07 Å². The van der Waals surface area contributed by atoms with Gasteiger partial charge in [0.15, 0.2) is 0 Å². The fourth-order valence-electron chi connectivity index (χ4n) is 1.89. The summed E-state index contributed by atoms with van der Waals surface area (Å²) in [5, 5.41) is 21.9. The summed E-state index contributed by atoms with van der Waals surface area (Å²) in [6, 6.07) is 4.59. The Hall–Kier alpha value is -1.50. The van der Waals surface area contributed by atoms with Crippen LogP contribution < -0.4 is 5.32 Å². The molecule has 0 radical (unpaired) electrons. The van der Waals surface area contributed by atoms with Crippen LogP contribution in [0.25, 0.3) is 10.1 Å². The number of aliphatic hydroxyl groups excluding tert-OH is 1. The van der Waals surface area contributed by atoms with Gasteiger partial charge in [-0.1, -0.05) is 6.07 Å². The second-order valence-corrected chi connectivity index (χ2v) is 6.28. The van der Waals surface area contributed by atoms with Crippen molar-refractivity contribution in [3.8, 4) is 0 Å². The average Bonchev–Trinajstić information content (AvgIpc) is 2.77. The van der Waals surface area contributed by atoms with Crippen LogP contribution in [0.1, 0.15) is 29.1 Å². The predicted octanol–water partition coefficient (Wildman–Crippen LogP) is 2.60. The van der Waals surface area contributed by atoms with E-state index in [4.69, 9.17) is 0 Å². The molecule has 0 saturated heterocycles. The molecule has 1 aromatic carbocycles. The number of carbonyl (C=O) groups is 1. The first-order valence-electron chi connectivity index (χ1n) is 6.15. The second kappa shape index (κ2) is 5.47. The zero-order valence-electron chi connectivity index (χ0n) is 11.2. The molecule has 0 bridgehead atoms. The van der Waals surface area contributed by atoms with Gasteiger partial charge in [-0.15, -0.1) is 11.3 Å². The third-order valence-corrected chi connectivity index (χ3v) is 4.28. The molecule has 0 fully saturated rings.